The molecule has 3 aromatic rings. The summed E-state index contributed by atoms with van der Waals surface area (Å²) in [7, 11) is 0. The first-order chi connectivity index (χ1) is 18.5. The van der Waals surface area contributed by atoms with Crippen LogP contribution in [0, 0.1) is 5.82 Å². The molecule has 2 heterocycles. The fourth-order valence-corrected chi connectivity index (χ4v) is 4.76. The van der Waals surface area contributed by atoms with Gasteiger partial charge in [0.15, 0.2) is 6.29 Å². The number of carbonyl (C=O) groups is 1. The predicted molar refractivity (Wildman–Crippen MR) is 150 cm³/mol. The number of hydrogen-bond donors (Lipinski definition) is 3. The molecule has 1 fully saturated rings. The summed E-state index contributed by atoms with van der Waals surface area (Å²) in [5.41, 5.74) is 4.95. The number of carbonyl (C=O) groups excluding carboxylic acids is 1. The van der Waals surface area contributed by atoms with Gasteiger partial charge in [-0.25, -0.2) is 13.8 Å². The first-order valence-corrected chi connectivity index (χ1v) is 12.6. The van der Waals surface area contributed by atoms with Gasteiger partial charge in [0, 0.05) is 67.1 Å². The highest BCUT2D eigenvalue weighted by atomic mass is 19.1. The van der Waals surface area contributed by atoms with Crippen molar-refractivity contribution in [3.8, 4) is 11.1 Å². The highest BCUT2D eigenvalue weighted by Crippen LogP contribution is 2.36. The second kappa shape index (κ2) is 11.4. The topological polar surface area (TPSA) is 72.0 Å². The Bertz CT molecular complexity index is 1340. The Morgan fingerprint density at radius 3 is 2.61 bits per heavy atom. The number of benzene rings is 3. The Kier molecular flexibility index (Phi) is 7.65. The molecule has 1 saturated heterocycles. The molecule has 2 aliphatic heterocycles. The minimum Gasteiger partial charge on any atom is -0.369 e. The third-order valence-corrected chi connectivity index (χ3v) is 6.74. The lowest BCUT2D eigenvalue weighted by Crippen LogP contribution is -2.47. The van der Waals surface area contributed by atoms with Crippen LogP contribution in [0.15, 0.2) is 78.3 Å². The van der Waals surface area contributed by atoms with Crippen LogP contribution in [0.1, 0.15) is 5.56 Å². The molecule has 0 aliphatic carbocycles. The highest BCUT2D eigenvalue weighted by Gasteiger charge is 2.22. The number of nitrogens with zero attached hydrogens (tertiary/aromatic N) is 3. The molecule has 0 saturated carbocycles. The number of amides is 1. The Labute approximate surface area is 220 Å². The molecule has 0 spiro atoms. The van der Waals surface area contributed by atoms with Crippen LogP contribution >= 0.6 is 0 Å². The Hall–Kier alpha value is -4.24. The zero-order chi connectivity index (χ0) is 26.5. The van der Waals surface area contributed by atoms with Crippen LogP contribution in [-0.2, 0) is 4.79 Å². The van der Waals surface area contributed by atoms with E-state index in [1.165, 1.54) is 12.1 Å². The maximum Gasteiger partial charge on any atom is 0.247 e. The average molecular weight is 517 g/mol. The third-order valence-electron chi connectivity index (χ3n) is 6.74. The molecule has 3 N–H and O–H groups in total. The van der Waals surface area contributed by atoms with E-state index < -0.39 is 6.29 Å². The number of hydrogen-bond acceptors (Lipinski definition) is 6. The van der Waals surface area contributed by atoms with Gasteiger partial charge in [-0.1, -0.05) is 18.7 Å². The van der Waals surface area contributed by atoms with Crippen molar-refractivity contribution in [3.05, 3.63) is 84.7 Å². The van der Waals surface area contributed by atoms with Gasteiger partial charge in [-0.15, -0.1) is 0 Å². The van der Waals surface area contributed by atoms with E-state index in [0.29, 0.717) is 29.0 Å². The second-order valence-electron chi connectivity index (χ2n) is 9.19. The second-order valence-corrected chi connectivity index (χ2v) is 9.19. The van der Waals surface area contributed by atoms with Gasteiger partial charge in [-0.3, -0.25) is 9.69 Å². The maximum absolute atomic E-state index is 15.1. The minimum absolute atomic E-state index is 0.309. The van der Waals surface area contributed by atoms with Crippen LogP contribution in [0.2, 0.25) is 0 Å². The van der Waals surface area contributed by atoms with Gasteiger partial charge in [-0.05, 0) is 60.2 Å². The van der Waals surface area contributed by atoms with Crippen molar-refractivity contribution >= 4 is 34.9 Å². The number of anilines is 4. The van der Waals surface area contributed by atoms with E-state index in [0.717, 1.165) is 43.1 Å². The number of nitrogens with one attached hydrogen (secondary N) is 3. The lowest BCUT2D eigenvalue weighted by atomic mass is 9.98. The van der Waals surface area contributed by atoms with Gasteiger partial charge in [-0.2, -0.15) is 0 Å². The molecule has 1 amide bonds. The molecule has 5 rings (SSSR count). The summed E-state index contributed by atoms with van der Waals surface area (Å²) in [6.07, 6.45) is 2.41. The highest BCUT2D eigenvalue weighted by molar-refractivity contribution is 6.00. The summed E-state index contributed by atoms with van der Waals surface area (Å²) >= 11 is 0. The molecule has 0 radical (unpaired) electrons. The molecule has 38 heavy (non-hydrogen) atoms. The lowest BCUT2D eigenvalue weighted by Gasteiger charge is -2.35. The first kappa shape index (κ1) is 25.4. The van der Waals surface area contributed by atoms with Gasteiger partial charge in [0.25, 0.3) is 0 Å². The van der Waals surface area contributed by atoms with Crippen LogP contribution < -0.4 is 20.9 Å². The molecule has 7 nitrogen and oxygen atoms in total. The zero-order valence-electron chi connectivity index (χ0n) is 21.0. The van der Waals surface area contributed by atoms with Gasteiger partial charge in [0.2, 0.25) is 5.91 Å². The van der Waals surface area contributed by atoms with Crippen molar-refractivity contribution in [1.82, 2.24) is 4.90 Å². The summed E-state index contributed by atoms with van der Waals surface area (Å²) in [6, 6.07) is 18.2. The predicted octanol–water partition coefficient (Wildman–Crippen LogP) is 4.95. The smallest absolute Gasteiger partial charge is 0.247 e. The van der Waals surface area contributed by atoms with Crippen LogP contribution in [0.4, 0.5) is 31.5 Å². The Morgan fingerprint density at radius 2 is 1.87 bits per heavy atom. The molecule has 0 aromatic heterocycles. The van der Waals surface area contributed by atoms with E-state index >= 15 is 4.39 Å². The number of halogens is 2. The van der Waals surface area contributed by atoms with Crippen molar-refractivity contribution in [2.24, 2.45) is 4.99 Å². The van der Waals surface area contributed by atoms with Gasteiger partial charge in [0.05, 0.1) is 5.69 Å². The lowest BCUT2D eigenvalue weighted by molar-refractivity contribution is -0.111. The van der Waals surface area contributed by atoms with Crippen molar-refractivity contribution in [1.29, 1.82) is 0 Å². The summed E-state index contributed by atoms with van der Waals surface area (Å²) in [6.45, 7) is 7.10. The fraction of sp³-hybridized carbons (Fsp3) is 0.241. The summed E-state index contributed by atoms with van der Waals surface area (Å²) < 4.78 is 27.7. The molecule has 3 aromatic carbocycles. The SMILES string of the molecule is C=CC(=O)Nc1cccc(-c2c(F)ccc3c2NC(Nc2ccc(N4CCN(CCF)CC4)cc2)N=C3)c1. The van der Waals surface area contributed by atoms with Gasteiger partial charge >= 0.3 is 0 Å². The van der Waals surface area contributed by atoms with E-state index in [4.69, 9.17) is 0 Å². The fourth-order valence-electron chi connectivity index (χ4n) is 4.76. The molecule has 0 bridgehead atoms. The Balaban J connectivity index is 1.30. The molecule has 2 aliphatic rings. The van der Waals surface area contributed by atoms with Crippen LogP contribution in [0.3, 0.4) is 0 Å². The normalized spacial score (nSPS) is 16.9. The minimum atomic E-state index is -0.498. The van der Waals surface area contributed by atoms with Crippen LogP contribution in [0.25, 0.3) is 11.1 Å². The van der Waals surface area contributed by atoms with Crippen molar-refractivity contribution in [2.75, 3.05) is 60.2 Å². The number of aliphatic imine (C=N–C) groups is 1. The monoisotopic (exact) mass is 516 g/mol. The summed E-state index contributed by atoms with van der Waals surface area (Å²) in [5, 5.41) is 9.39. The standard InChI is InChI=1S/C29H30F2N6O/c1-2-26(38)33-23-5-3-4-20(18-23)27-25(31)11-6-21-19-32-29(35-28(21)27)34-22-7-9-24(10-8-22)37-16-14-36(13-12-30)15-17-37/h2-11,18-19,29,34-35H,1,12-17H2,(H,33,38). The largest absolute Gasteiger partial charge is 0.369 e. The van der Waals surface area contributed by atoms with Crippen LogP contribution in [-0.4, -0.2) is 62.7 Å². The molecule has 1 unspecified atom stereocenters. The maximum atomic E-state index is 15.1. The number of piperazine rings is 1. The molecule has 9 heteroatoms. The third kappa shape index (κ3) is 5.68. The van der Waals surface area contributed by atoms with E-state index in [1.54, 1.807) is 36.5 Å². The summed E-state index contributed by atoms with van der Waals surface area (Å²) in [5.74, 6) is -0.717. The zero-order valence-corrected chi connectivity index (χ0v) is 21.0. The van der Waals surface area contributed by atoms with Gasteiger partial charge in [0.1, 0.15) is 12.5 Å². The molecular weight excluding hydrogens is 486 g/mol. The van der Waals surface area contributed by atoms with Gasteiger partial charge < -0.3 is 20.9 Å². The van der Waals surface area contributed by atoms with Crippen molar-refractivity contribution in [2.45, 2.75) is 6.29 Å². The first-order valence-electron chi connectivity index (χ1n) is 12.6. The molecule has 1 atom stereocenters. The summed E-state index contributed by atoms with van der Waals surface area (Å²) in [4.78, 5) is 20.7. The average Bonchev–Trinajstić information content (AvgIpc) is 2.94. The number of alkyl halides is 1. The Morgan fingerprint density at radius 1 is 1.08 bits per heavy atom. The van der Waals surface area contributed by atoms with Crippen molar-refractivity contribution < 1.29 is 13.6 Å². The van der Waals surface area contributed by atoms with Crippen molar-refractivity contribution in [3.63, 3.8) is 0 Å². The molecular formula is C29H30F2N6O. The quantitative estimate of drug-likeness (QED) is 0.370. The van der Waals surface area contributed by atoms with E-state index in [9.17, 15) is 9.18 Å². The van der Waals surface area contributed by atoms with Crippen LogP contribution in [0.5, 0.6) is 0 Å². The number of rotatable bonds is 8. The van der Waals surface area contributed by atoms with E-state index in [2.05, 4.69) is 49.5 Å². The van der Waals surface area contributed by atoms with E-state index in [1.807, 2.05) is 12.1 Å². The van der Waals surface area contributed by atoms with E-state index in [-0.39, 0.29) is 18.4 Å². The number of fused-ring (bicyclic) bond motifs is 1. The molecule has 196 valence electrons.